The number of amides is 1. The fourth-order valence-corrected chi connectivity index (χ4v) is 3.73. The molecule has 0 spiro atoms. The lowest BCUT2D eigenvalue weighted by Gasteiger charge is -2.34. The molecule has 132 valence electrons. The highest BCUT2D eigenvalue weighted by Crippen LogP contribution is 2.30. The molecule has 1 amide bonds. The molecule has 2 fully saturated rings. The Morgan fingerprint density at radius 1 is 1.25 bits per heavy atom. The van der Waals surface area contributed by atoms with Crippen molar-refractivity contribution in [2.75, 3.05) is 13.1 Å². The van der Waals surface area contributed by atoms with Gasteiger partial charge in [-0.3, -0.25) is 9.69 Å². The van der Waals surface area contributed by atoms with Crippen LogP contribution in [0.25, 0.3) is 0 Å². The molecule has 4 nitrogen and oxygen atoms in total. The molecule has 2 aliphatic rings. The second kappa shape index (κ2) is 7.15. The van der Waals surface area contributed by atoms with Crippen molar-refractivity contribution in [3.63, 3.8) is 0 Å². The van der Waals surface area contributed by atoms with Gasteiger partial charge in [0.1, 0.15) is 17.2 Å². The van der Waals surface area contributed by atoms with E-state index in [0.29, 0.717) is 19.4 Å². The van der Waals surface area contributed by atoms with Crippen LogP contribution in [0.5, 0.6) is 0 Å². The summed E-state index contributed by atoms with van der Waals surface area (Å²) in [6.07, 6.45) is 4.42. The third-order valence-corrected chi connectivity index (χ3v) is 5.14. The lowest BCUT2D eigenvalue weighted by molar-refractivity contribution is -0.140. The van der Waals surface area contributed by atoms with Crippen molar-refractivity contribution in [1.82, 2.24) is 10.2 Å². The van der Waals surface area contributed by atoms with Crippen LogP contribution in [-0.2, 0) is 11.3 Å². The molecular weight excluding hydrogens is 314 g/mol. The average Bonchev–Trinajstić information content (AvgIpc) is 3.00. The van der Waals surface area contributed by atoms with Gasteiger partial charge in [-0.15, -0.1) is 0 Å². The van der Waals surface area contributed by atoms with Crippen molar-refractivity contribution >= 4 is 5.91 Å². The Hall–Kier alpha value is -1.53. The summed E-state index contributed by atoms with van der Waals surface area (Å²) in [5, 5.41) is 13.3. The third kappa shape index (κ3) is 3.75. The number of nitrogens with zero attached hydrogens (tertiary/aromatic N) is 1. The molecule has 1 unspecified atom stereocenters. The van der Waals surface area contributed by atoms with Gasteiger partial charge in [-0.25, -0.2) is 8.78 Å². The Kier molecular flexibility index (Phi) is 5.15. The van der Waals surface area contributed by atoms with E-state index in [1.807, 2.05) is 4.90 Å². The molecule has 2 N–H and O–H groups in total. The summed E-state index contributed by atoms with van der Waals surface area (Å²) in [7, 11) is 0. The number of piperidine rings is 1. The van der Waals surface area contributed by atoms with Crippen LogP contribution in [0.4, 0.5) is 8.78 Å². The number of aliphatic hydroxyl groups is 1. The van der Waals surface area contributed by atoms with Crippen LogP contribution in [0.2, 0.25) is 0 Å². The van der Waals surface area contributed by atoms with Crippen molar-refractivity contribution in [2.24, 2.45) is 0 Å². The molecule has 0 radical (unpaired) electrons. The van der Waals surface area contributed by atoms with Gasteiger partial charge in [0.25, 0.3) is 5.91 Å². The van der Waals surface area contributed by atoms with E-state index < -0.39 is 17.2 Å². The van der Waals surface area contributed by atoms with Crippen molar-refractivity contribution in [2.45, 2.75) is 56.7 Å². The van der Waals surface area contributed by atoms with Crippen LogP contribution < -0.4 is 5.32 Å². The van der Waals surface area contributed by atoms with Gasteiger partial charge in [0.05, 0.1) is 0 Å². The van der Waals surface area contributed by atoms with Crippen molar-refractivity contribution in [3.8, 4) is 0 Å². The molecule has 1 aromatic rings. The highest BCUT2D eigenvalue weighted by Gasteiger charge is 2.40. The van der Waals surface area contributed by atoms with E-state index in [4.69, 9.17) is 0 Å². The molecule has 3 rings (SSSR count). The summed E-state index contributed by atoms with van der Waals surface area (Å²) in [4.78, 5) is 14.3. The van der Waals surface area contributed by atoms with Gasteiger partial charge < -0.3 is 10.4 Å². The Balaban J connectivity index is 1.59. The number of benzene rings is 1. The smallest absolute Gasteiger partial charge is 0.252 e. The van der Waals surface area contributed by atoms with E-state index in [0.717, 1.165) is 32.2 Å². The third-order valence-electron chi connectivity index (χ3n) is 5.14. The zero-order chi connectivity index (χ0) is 17.2. The Bertz CT molecular complexity index is 582. The standard InChI is InChI=1S/C18H24F2N2O2/c19-15-6-3-7-16(20)14(15)12-22-10-4-5-13(11-22)21-17(23)18(24)8-1-2-9-18/h3,6-7,13,24H,1-2,4-5,8-12H2,(H,21,23). The van der Waals surface area contributed by atoms with Crippen LogP contribution in [0.15, 0.2) is 18.2 Å². The number of rotatable bonds is 4. The van der Waals surface area contributed by atoms with E-state index in [-0.39, 0.29) is 24.1 Å². The molecule has 0 bridgehead atoms. The number of halogens is 2. The zero-order valence-corrected chi connectivity index (χ0v) is 13.7. The van der Waals surface area contributed by atoms with Gasteiger partial charge in [0.2, 0.25) is 0 Å². The Labute approximate surface area is 140 Å². The number of likely N-dealkylation sites (tertiary alicyclic amines) is 1. The second-order valence-corrected chi connectivity index (χ2v) is 6.99. The maximum absolute atomic E-state index is 13.8. The molecule has 0 aromatic heterocycles. The number of carbonyl (C=O) groups is 1. The number of carbonyl (C=O) groups excluding carboxylic acids is 1. The van der Waals surface area contributed by atoms with Gasteiger partial charge in [-0.05, 0) is 57.2 Å². The first-order valence-electron chi connectivity index (χ1n) is 8.66. The molecule has 6 heteroatoms. The molecule has 1 heterocycles. The lowest BCUT2D eigenvalue weighted by Crippen LogP contribution is -2.53. The molecule has 24 heavy (non-hydrogen) atoms. The van der Waals surface area contributed by atoms with Gasteiger partial charge in [0, 0.05) is 24.7 Å². The quantitative estimate of drug-likeness (QED) is 0.886. The summed E-state index contributed by atoms with van der Waals surface area (Å²) >= 11 is 0. The van der Waals surface area contributed by atoms with Crippen LogP contribution in [-0.4, -0.2) is 40.6 Å². The zero-order valence-electron chi connectivity index (χ0n) is 13.7. The van der Waals surface area contributed by atoms with Crippen LogP contribution >= 0.6 is 0 Å². The van der Waals surface area contributed by atoms with Gasteiger partial charge in [0.15, 0.2) is 0 Å². The monoisotopic (exact) mass is 338 g/mol. The Morgan fingerprint density at radius 3 is 2.58 bits per heavy atom. The molecule has 1 saturated heterocycles. The SMILES string of the molecule is O=C(NC1CCCN(Cc2c(F)cccc2F)C1)C1(O)CCCC1. The molecule has 1 aromatic carbocycles. The molecule has 1 aliphatic heterocycles. The number of hydrogen-bond acceptors (Lipinski definition) is 3. The molecular formula is C18H24F2N2O2. The number of nitrogens with one attached hydrogen (secondary N) is 1. The summed E-state index contributed by atoms with van der Waals surface area (Å²) in [6.45, 7) is 1.47. The molecule has 1 saturated carbocycles. The molecule has 1 aliphatic carbocycles. The second-order valence-electron chi connectivity index (χ2n) is 6.99. The first kappa shape index (κ1) is 17.3. The summed E-state index contributed by atoms with van der Waals surface area (Å²) in [6, 6.07) is 3.79. The van der Waals surface area contributed by atoms with Crippen LogP contribution in [0.1, 0.15) is 44.1 Å². The van der Waals surface area contributed by atoms with E-state index in [9.17, 15) is 18.7 Å². The van der Waals surface area contributed by atoms with Crippen LogP contribution in [0, 0.1) is 11.6 Å². The highest BCUT2D eigenvalue weighted by molar-refractivity contribution is 5.85. The maximum Gasteiger partial charge on any atom is 0.252 e. The minimum atomic E-state index is -1.24. The van der Waals surface area contributed by atoms with E-state index in [1.165, 1.54) is 18.2 Å². The first-order chi connectivity index (χ1) is 11.5. The van der Waals surface area contributed by atoms with E-state index >= 15 is 0 Å². The van der Waals surface area contributed by atoms with Crippen molar-refractivity contribution < 1.29 is 18.7 Å². The lowest BCUT2D eigenvalue weighted by atomic mass is 9.99. The number of hydrogen-bond donors (Lipinski definition) is 2. The van der Waals surface area contributed by atoms with Gasteiger partial charge >= 0.3 is 0 Å². The normalized spacial score (nSPS) is 24.0. The van der Waals surface area contributed by atoms with Crippen molar-refractivity contribution in [1.29, 1.82) is 0 Å². The molecule has 1 atom stereocenters. The predicted octanol–water partition coefficient (Wildman–Crippen LogP) is 2.35. The maximum atomic E-state index is 13.8. The van der Waals surface area contributed by atoms with Crippen LogP contribution in [0.3, 0.4) is 0 Å². The fraction of sp³-hybridized carbons (Fsp3) is 0.611. The average molecular weight is 338 g/mol. The van der Waals surface area contributed by atoms with Gasteiger partial charge in [-0.2, -0.15) is 0 Å². The minimum absolute atomic E-state index is 0.0684. The minimum Gasteiger partial charge on any atom is -0.380 e. The topological polar surface area (TPSA) is 52.6 Å². The summed E-state index contributed by atoms with van der Waals surface area (Å²) < 4.78 is 27.6. The van der Waals surface area contributed by atoms with Gasteiger partial charge in [-0.1, -0.05) is 6.07 Å². The highest BCUT2D eigenvalue weighted by atomic mass is 19.1. The summed E-state index contributed by atoms with van der Waals surface area (Å²) in [5.74, 6) is -1.38. The fourth-order valence-electron chi connectivity index (χ4n) is 3.73. The Morgan fingerprint density at radius 2 is 1.92 bits per heavy atom. The predicted molar refractivity (Wildman–Crippen MR) is 86.2 cm³/mol. The first-order valence-corrected chi connectivity index (χ1v) is 8.66. The van der Waals surface area contributed by atoms with E-state index in [1.54, 1.807) is 0 Å². The van der Waals surface area contributed by atoms with E-state index in [2.05, 4.69) is 5.32 Å². The largest absolute Gasteiger partial charge is 0.380 e. The summed E-state index contributed by atoms with van der Waals surface area (Å²) in [5.41, 5.74) is -1.17. The van der Waals surface area contributed by atoms with Crippen molar-refractivity contribution in [3.05, 3.63) is 35.4 Å².